The Bertz CT molecular complexity index is 1080. The second-order valence-electron chi connectivity index (χ2n) is 5.79. The molecular weight excluding hydrogens is 348 g/mol. The van der Waals surface area contributed by atoms with Crippen molar-refractivity contribution in [3.63, 3.8) is 0 Å². The number of carbonyl (C=O) groups excluding carboxylic acids is 1. The average Bonchev–Trinajstić information content (AvgIpc) is 2.69. The number of benzene rings is 2. The lowest BCUT2D eigenvalue weighted by Gasteiger charge is -2.14. The van der Waals surface area contributed by atoms with E-state index < -0.39 is 0 Å². The van der Waals surface area contributed by atoms with Crippen LogP contribution in [0.25, 0.3) is 22.3 Å². The molecule has 0 saturated heterocycles. The molecule has 3 aromatic rings. The van der Waals surface area contributed by atoms with Gasteiger partial charge < -0.3 is 19.0 Å². The molecule has 1 aromatic heterocycles. The minimum Gasteiger partial charge on any atom is -0.507 e. The lowest BCUT2D eigenvalue weighted by atomic mass is 10.00. The number of carbonyl (C=O) groups is 1. The van der Waals surface area contributed by atoms with E-state index in [9.17, 15) is 14.7 Å². The largest absolute Gasteiger partial charge is 0.507 e. The third kappa shape index (κ3) is 3.06. The molecular formula is C21H18O6. The number of hydrogen-bond donors (Lipinski definition) is 1. The minimum absolute atomic E-state index is 0.0136. The van der Waals surface area contributed by atoms with Gasteiger partial charge in [0.05, 0.1) is 19.8 Å². The summed E-state index contributed by atoms with van der Waals surface area (Å²) in [5.41, 5.74) is 0.652. The molecule has 0 aliphatic carbocycles. The van der Waals surface area contributed by atoms with Crippen molar-refractivity contribution in [2.24, 2.45) is 0 Å². The van der Waals surface area contributed by atoms with Crippen LogP contribution in [-0.2, 0) is 6.42 Å². The summed E-state index contributed by atoms with van der Waals surface area (Å²) in [4.78, 5) is 24.3. The second-order valence-corrected chi connectivity index (χ2v) is 5.79. The van der Waals surface area contributed by atoms with E-state index in [2.05, 4.69) is 6.58 Å². The van der Waals surface area contributed by atoms with Gasteiger partial charge in [-0.25, -0.2) is 0 Å². The molecule has 0 amide bonds. The van der Waals surface area contributed by atoms with Gasteiger partial charge in [-0.05, 0) is 30.7 Å². The van der Waals surface area contributed by atoms with E-state index >= 15 is 0 Å². The molecule has 6 nitrogen and oxygen atoms in total. The second kappa shape index (κ2) is 7.37. The molecule has 0 radical (unpaired) electrons. The molecule has 3 rings (SSSR count). The number of hydrogen-bond acceptors (Lipinski definition) is 6. The van der Waals surface area contributed by atoms with E-state index in [4.69, 9.17) is 13.9 Å². The average molecular weight is 366 g/mol. The minimum atomic E-state index is -0.382. The van der Waals surface area contributed by atoms with Crippen molar-refractivity contribution in [3.05, 3.63) is 64.3 Å². The molecule has 0 spiro atoms. The van der Waals surface area contributed by atoms with Crippen LogP contribution in [0.1, 0.15) is 15.9 Å². The van der Waals surface area contributed by atoms with Crippen LogP contribution in [0.2, 0.25) is 0 Å². The Labute approximate surface area is 155 Å². The molecule has 0 atom stereocenters. The molecule has 138 valence electrons. The van der Waals surface area contributed by atoms with Crippen molar-refractivity contribution in [3.8, 4) is 28.6 Å². The number of ether oxygens (including phenoxy) is 2. The van der Waals surface area contributed by atoms with E-state index in [0.717, 1.165) is 0 Å². The van der Waals surface area contributed by atoms with Gasteiger partial charge in [-0.3, -0.25) is 9.59 Å². The van der Waals surface area contributed by atoms with Crippen molar-refractivity contribution in [2.75, 3.05) is 14.2 Å². The fourth-order valence-electron chi connectivity index (χ4n) is 2.99. The maximum absolute atomic E-state index is 12.8. The highest BCUT2D eigenvalue weighted by Crippen LogP contribution is 2.39. The third-order valence-electron chi connectivity index (χ3n) is 4.28. The van der Waals surface area contributed by atoms with Gasteiger partial charge >= 0.3 is 0 Å². The Morgan fingerprint density at radius 2 is 1.89 bits per heavy atom. The number of methoxy groups -OCH3 is 2. The zero-order chi connectivity index (χ0) is 19.6. The molecule has 0 saturated carbocycles. The number of phenolic OH excluding ortho intramolecular Hbond substituents is 1. The van der Waals surface area contributed by atoms with Crippen molar-refractivity contribution in [2.45, 2.75) is 6.42 Å². The summed E-state index contributed by atoms with van der Waals surface area (Å²) in [6.07, 6.45) is 2.22. The Balaban J connectivity index is 2.39. The van der Waals surface area contributed by atoms with Gasteiger partial charge in [0.25, 0.3) is 0 Å². The van der Waals surface area contributed by atoms with E-state index in [1.807, 2.05) is 0 Å². The molecule has 1 N–H and O–H groups in total. The normalized spacial score (nSPS) is 10.6. The lowest BCUT2D eigenvalue weighted by Crippen LogP contribution is -2.07. The smallest absolute Gasteiger partial charge is 0.197 e. The number of rotatable bonds is 6. The zero-order valence-corrected chi connectivity index (χ0v) is 14.9. The molecule has 27 heavy (non-hydrogen) atoms. The van der Waals surface area contributed by atoms with Crippen LogP contribution >= 0.6 is 0 Å². The van der Waals surface area contributed by atoms with E-state index in [1.165, 1.54) is 13.2 Å². The van der Waals surface area contributed by atoms with Crippen molar-refractivity contribution in [1.29, 1.82) is 0 Å². The lowest BCUT2D eigenvalue weighted by molar-refractivity contribution is 0.111. The maximum atomic E-state index is 12.8. The molecule has 1 heterocycles. The van der Waals surface area contributed by atoms with Gasteiger partial charge in [0, 0.05) is 17.2 Å². The molecule has 2 aromatic carbocycles. The first-order valence-electron chi connectivity index (χ1n) is 8.15. The first-order chi connectivity index (χ1) is 13.0. The highest BCUT2D eigenvalue weighted by atomic mass is 16.5. The van der Waals surface area contributed by atoms with Gasteiger partial charge in [-0.1, -0.05) is 6.08 Å². The standard InChI is InChI=1S/C21H18O6/c1-4-5-14-19(24)15(11-22)20(26-3)18-16(23)10-17(27-21(14)18)12-6-8-13(25-2)9-7-12/h4,6-11,24H,1,5H2,2-3H3. The highest BCUT2D eigenvalue weighted by Gasteiger charge is 2.23. The highest BCUT2D eigenvalue weighted by molar-refractivity contribution is 5.99. The summed E-state index contributed by atoms with van der Waals surface area (Å²) < 4.78 is 16.3. The first-order valence-corrected chi connectivity index (χ1v) is 8.15. The van der Waals surface area contributed by atoms with Gasteiger partial charge in [0.15, 0.2) is 11.7 Å². The number of aromatic hydroxyl groups is 1. The number of fused-ring (bicyclic) bond motifs is 1. The maximum Gasteiger partial charge on any atom is 0.197 e. The van der Waals surface area contributed by atoms with Crippen LogP contribution < -0.4 is 14.9 Å². The Kier molecular flexibility index (Phi) is 4.98. The van der Waals surface area contributed by atoms with Crippen LogP contribution in [0.5, 0.6) is 17.2 Å². The van der Waals surface area contributed by atoms with Crippen LogP contribution in [0.15, 0.2) is 52.2 Å². The summed E-state index contributed by atoms with van der Waals surface area (Å²) in [6.45, 7) is 3.66. The van der Waals surface area contributed by atoms with Crippen molar-refractivity contribution < 1.29 is 23.8 Å². The summed E-state index contributed by atoms with van der Waals surface area (Å²) >= 11 is 0. The van der Waals surface area contributed by atoms with Crippen LogP contribution in [0, 0.1) is 0 Å². The molecule has 0 aliphatic rings. The monoisotopic (exact) mass is 366 g/mol. The predicted octanol–water partition coefficient (Wildman–Crippen LogP) is 3.72. The van der Waals surface area contributed by atoms with Crippen LogP contribution in [0.3, 0.4) is 0 Å². The number of aldehydes is 1. The molecule has 0 bridgehead atoms. The first kappa shape index (κ1) is 18.3. The van der Waals surface area contributed by atoms with Crippen LogP contribution in [-0.4, -0.2) is 25.6 Å². The van der Waals surface area contributed by atoms with Crippen molar-refractivity contribution >= 4 is 17.3 Å². The predicted molar refractivity (Wildman–Crippen MR) is 102 cm³/mol. The quantitative estimate of drug-likeness (QED) is 0.528. The topological polar surface area (TPSA) is 86.0 Å². The van der Waals surface area contributed by atoms with E-state index in [-0.39, 0.29) is 39.9 Å². The van der Waals surface area contributed by atoms with E-state index in [1.54, 1.807) is 37.5 Å². The zero-order valence-electron chi connectivity index (χ0n) is 14.9. The van der Waals surface area contributed by atoms with Crippen LogP contribution in [0.4, 0.5) is 0 Å². The summed E-state index contributed by atoms with van der Waals surface area (Å²) in [5.74, 6) is 0.689. The molecule has 0 unspecified atom stereocenters. The Hall–Kier alpha value is -3.54. The fraction of sp³-hybridized carbons (Fsp3) is 0.143. The Morgan fingerprint density at radius 1 is 1.19 bits per heavy atom. The summed E-state index contributed by atoms with van der Waals surface area (Å²) in [5, 5.41) is 10.6. The Morgan fingerprint density at radius 3 is 2.44 bits per heavy atom. The van der Waals surface area contributed by atoms with Gasteiger partial charge in [-0.2, -0.15) is 0 Å². The molecule has 0 aliphatic heterocycles. The third-order valence-corrected chi connectivity index (χ3v) is 4.28. The fourth-order valence-corrected chi connectivity index (χ4v) is 2.99. The summed E-state index contributed by atoms with van der Waals surface area (Å²) in [6, 6.07) is 8.34. The van der Waals surface area contributed by atoms with E-state index in [0.29, 0.717) is 28.9 Å². The molecule has 6 heteroatoms. The van der Waals surface area contributed by atoms with Crippen molar-refractivity contribution in [1.82, 2.24) is 0 Å². The number of phenols is 1. The summed E-state index contributed by atoms with van der Waals surface area (Å²) in [7, 11) is 2.89. The van der Waals surface area contributed by atoms with Gasteiger partial charge in [-0.15, -0.1) is 6.58 Å². The van der Waals surface area contributed by atoms with Gasteiger partial charge in [0.2, 0.25) is 0 Å². The molecule has 0 fully saturated rings. The number of allylic oxidation sites excluding steroid dienone is 1. The SMILES string of the molecule is C=CCc1c(O)c(C=O)c(OC)c2c(=O)cc(-c3ccc(OC)cc3)oc12. The van der Waals surface area contributed by atoms with Gasteiger partial charge in [0.1, 0.15) is 34.0 Å².